The third-order valence-electron chi connectivity index (χ3n) is 9.25. The van der Waals surface area contributed by atoms with E-state index in [1.54, 1.807) is 9.80 Å². The molecule has 10 nitrogen and oxygen atoms in total. The Kier molecular flexibility index (Phi) is 14.9. The molecule has 2 amide bonds. The van der Waals surface area contributed by atoms with Crippen molar-refractivity contribution in [2.45, 2.75) is 117 Å². The highest BCUT2D eigenvalue weighted by Crippen LogP contribution is 2.31. The van der Waals surface area contributed by atoms with Gasteiger partial charge in [-0.05, 0) is 108 Å². The van der Waals surface area contributed by atoms with E-state index in [2.05, 4.69) is 18.2 Å². The van der Waals surface area contributed by atoms with Crippen LogP contribution in [0.2, 0.25) is 0 Å². The molecule has 3 atom stereocenters. The van der Waals surface area contributed by atoms with E-state index < -0.39 is 35.3 Å². The summed E-state index contributed by atoms with van der Waals surface area (Å²) in [6.45, 7) is 15.7. The van der Waals surface area contributed by atoms with Gasteiger partial charge in [-0.1, -0.05) is 74.0 Å². The Balaban J connectivity index is 1.41. The molecule has 2 aromatic rings. The number of carbonyl (C=O) groups excluding carboxylic acids is 4. The van der Waals surface area contributed by atoms with Crippen LogP contribution >= 0.6 is 0 Å². The van der Waals surface area contributed by atoms with Crippen molar-refractivity contribution < 1.29 is 38.1 Å². The molecule has 2 aliphatic rings. The number of esters is 2. The van der Waals surface area contributed by atoms with Gasteiger partial charge < -0.3 is 28.7 Å². The zero-order valence-electron chi connectivity index (χ0n) is 32.9. The smallest absolute Gasteiger partial charge is 0.410 e. The maximum atomic E-state index is 13.5. The zero-order chi connectivity index (χ0) is 38.6. The molecule has 0 aromatic heterocycles. The molecule has 0 aliphatic carbocycles. The van der Waals surface area contributed by atoms with Crippen LogP contribution in [0.5, 0.6) is 0 Å². The summed E-state index contributed by atoms with van der Waals surface area (Å²) < 4.78 is 22.6. The van der Waals surface area contributed by atoms with Crippen molar-refractivity contribution in [3.05, 3.63) is 76.9 Å². The van der Waals surface area contributed by atoms with Crippen molar-refractivity contribution in [1.29, 1.82) is 0 Å². The van der Waals surface area contributed by atoms with Gasteiger partial charge in [0.1, 0.15) is 11.2 Å². The van der Waals surface area contributed by atoms with Crippen LogP contribution in [0.1, 0.15) is 103 Å². The Morgan fingerprint density at radius 1 is 0.792 bits per heavy atom. The molecule has 0 saturated carbocycles. The fraction of sp³-hybridized carbons (Fsp3) is 0.581. The Labute approximate surface area is 316 Å². The number of hydrogen-bond donors (Lipinski definition) is 0. The van der Waals surface area contributed by atoms with E-state index in [0.29, 0.717) is 52.0 Å². The second kappa shape index (κ2) is 19.1. The second-order valence-corrected chi connectivity index (χ2v) is 16.3. The Morgan fingerprint density at radius 2 is 1.45 bits per heavy atom. The largest absolute Gasteiger partial charge is 0.463 e. The minimum Gasteiger partial charge on any atom is -0.463 e. The zero-order valence-corrected chi connectivity index (χ0v) is 32.9. The van der Waals surface area contributed by atoms with Crippen LogP contribution < -0.4 is 0 Å². The van der Waals surface area contributed by atoms with E-state index in [-0.39, 0.29) is 24.4 Å². The lowest BCUT2D eigenvalue weighted by Gasteiger charge is -2.28. The number of likely N-dealkylation sites (tertiary alicyclic amines) is 2. The van der Waals surface area contributed by atoms with E-state index in [0.717, 1.165) is 47.9 Å². The van der Waals surface area contributed by atoms with Gasteiger partial charge >= 0.3 is 24.1 Å². The van der Waals surface area contributed by atoms with Gasteiger partial charge in [-0.2, -0.15) is 0 Å². The molecule has 290 valence electrons. The summed E-state index contributed by atoms with van der Waals surface area (Å²) in [6, 6.07) is 16.1. The summed E-state index contributed by atoms with van der Waals surface area (Å²) >= 11 is 0. The summed E-state index contributed by atoms with van der Waals surface area (Å²) in [5, 5.41) is 0. The van der Waals surface area contributed by atoms with Crippen LogP contribution in [0.25, 0.3) is 6.08 Å². The monoisotopic (exact) mass is 732 g/mol. The summed E-state index contributed by atoms with van der Waals surface area (Å²) in [6.07, 6.45) is 7.91. The molecular formula is C43H60N2O8. The Hall–Kier alpha value is -4.34. The highest BCUT2D eigenvalue weighted by atomic mass is 16.6. The van der Waals surface area contributed by atoms with Crippen molar-refractivity contribution in [2.75, 3.05) is 32.8 Å². The van der Waals surface area contributed by atoms with Crippen LogP contribution in [-0.4, -0.2) is 84.0 Å². The highest BCUT2D eigenvalue weighted by Gasteiger charge is 2.39. The topological polar surface area (TPSA) is 112 Å². The van der Waals surface area contributed by atoms with E-state index in [9.17, 15) is 19.2 Å². The molecule has 2 aromatic carbocycles. The fourth-order valence-electron chi connectivity index (χ4n) is 6.61. The first kappa shape index (κ1) is 41.4. The van der Waals surface area contributed by atoms with E-state index in [4.69, 9.17) is 18.9 Å². The minimum absolute atomic E-state index is 0.0506. The van der Waals surface area contributed by atoms with Crippen molar-refractivity contribution in [1.82, 2.24) is 9.80 Å². The Morgan fingerprint density at radius 3 is 2.13 bits per heavy atom. The first-order valence-electron chi connectivity index (χ1n) is 19.3. The molecule has 1 unspecified atom stereocenters. The normalized spacial score (nSPS) is 17.5. The molecule has 2 aliphatic heterocycles. The molecule has 0 bridgehead atoms. The molecule has 2 saturated heterocycles. The van der Waals surface area contributed by atoms with Crippen molar-refractivity contribution in [2.24, 2.45) is 11.8 Å². The van der Waals surface area contributed by atoms with Crippen LogP contribution in [0.15, 0.2) is 54.6 Å². The summed E-state index contributed by atoms with van der Waals surface area (Å²) in [5.74, 6) is -1.23. The van der Waals surface area contributed by atoms with Crippen molar-refractivity contribution in [3.8, 4) is 0 Å². The number of unbranched alkanes of at least 4 members (excludes halogenated alkanes) is 1. The van der Waals surface area contributed by atoms with Gasteiger partial charge in [-0.15, -0.1) is 0 Å². The molecule has 0 radical (unpaired) electrons. The number of carbonyl (C=O) groups is 4. The molecule has 4 rings (SSSR count). The number of allylic oxidation sites excluding steroid dienone is 1. The summed E-state index contributed by atoms with van der Waals surface area (Å²) in [4.78, 5) is 55.4. The molecule has 0 N–H and O–H groups in total. The van der Waals surface area contributed by atoms with Crippen LogP contribution in [-0.2, 0) is 47.8 Å². The van der Waals surface area contributed by atoms with E-state index in [1.165, 1.54) is 0 Å². The lowest BCUT2D eigenvalue weighted by Crippen LogP contribution is -2.38. The first-order valence-corrected chi connectivity index (χ1v) is 19.3. The SMILES string of the molecule is CCCCOC(=O)C(Cc1cccc(C/C=C/c2cccc(C[C@H](C(=O)OC(C)(C)C)[C@H]3CCN(C(=O)OC(C)(C)C)C3)c2)c1)OC(=O)N1CCCC1. The van der Waals surface area contributed by atoms with E-state index in [1.807, 2.05) is 90.9 Å². The van der Waals surface area contributed by atoms with Crippen LogP contribution in [0.4, 0.5) is 9.59 Å². The third-order valence-corrected chi connectivity index (χ3v) is 9.25. The van der Waals surface area contributed by atoms with Gasteiger partial charge in [0.05, 0.1) is 12.5 Å². The van der Waals surface area contributed by atoms with Crippen LogP contribution in [0.3, 0.4) is 0 Å². The predicted molar refractivity (Wildman–Crippen MR) is 205 cm³/mol. The molecule has 0 spiro atoms. The summed E-state index contributed by atoms with van der Waals surface area (Å²) in [7, 11) is 0. The average molecular weight is 733 g/mol. The van der Waals surface area contributed by atoms with Gasteiger partial charge in [0, 0.05) is 32.6 Å². The average Bonchev–Trinajstić information content (AvgIpc) is 3.80. The molecule has 2 fully saturated rings. The number of rotatable bonds is 14. The molecule has 10 heteroatoms. The standard InChI is InChI=1S/C43H60N2O8/c1-8-9-25-50-39(47)37(51-40(48)44-22-10-11-23-44)29-34-20-14-18-32(27-34)16-12-15-31-17-13-19-33(26-31)28-36(38(46)52-42(2,3)4)35-21-24-45(30-35)41(49)53-43(5,6)7/h12-15,17-20,26-27,35-37H,8-11,16,21-25,28-30H2,1-7H3/b15-12+/t35-,36-,37?/m0/s1. The van der Waals surface area contributed by atoms with Gasteiger partial charge in [-0.3, -0.25) is 4.79 Å². The molecule has 53 heavy (non-hydrogen) atoms. The van der Waals surface area contributed by atoms with Crippen molar-refractivity contribution in [3.63, 3.8) is 0 Å². The summed E-state index contributed by atoms with van der Waals surface area (Å²) in [5.41, 5.74) is 2.74. The Bertz CT molecular complexity index is 1570. The van der Waals surface area contributed by atoms with E-state index >= 15 is 0 Å². The van der Waals surface area contributed by atoms with Crippen molar-refractivity contribution >= 4 is 30.2 Å². The quantitative estimate of drug-likeness (QED) is 0.109. The number of benzene rings is 2. The third kappa shape index (κ3) is 13.9. The maximum absolute atomic E-state index is 13.5. The first-order chi connectivity index (χ1) is 25.1. The highest BCUT2D eigenvalue weighted by molar-refractivity contribution is 5.79. The predicted octanol–water partition coefficient (Wildman–Crippen LogP) is 8.19. The van der Waals surface area contributed by atoms with Gasteiger partial charge in [-0.25, -0.2) is 14.4 Å². The lowest BCUT2D eigenvalue weighted by molar-refractivity contribution is -0.162. The molecule has 2 heterocycles. The fourth-order valence-corrected chi connectivity index (χ4v) is 6.61. The number of hydrogen-bond acceptors (Lipinski definition) is 8. The second-order valence-electron chi connectivity index (χ2n) is 16.3. The number of nitrogens with zero attached hydrogens (tertiary/aromatic N) is 2. The van der Waals surface area contributed by atoms with Crippen LogP contribution in [0, 0.1) is 11.8 Å². The molecular weight excluding hydrogens is 672 g/mol. The lowest BCUT2D eigenvalue weighted by atomic mass is 9.85. The minimum atomic E-state index is -1.01. The maximum Gasteiger partial charge on any atom is 0.410 e. The van der Waals surface area contributed by atoms with Gasteiger partial charge in [0.2, 0.25) is 6.10 Å². The number of amides is 2. The van der Waals surface area contributed by atoms with Gasteiger partial charge in [0.25, 0.3) is 0 Å². The number of ether oxygens (including phenoxy) is 4. The van der Waals surface area contributed by atoms with Gasteiger partial charge in [0.15, 0.2) is 0 Å².